The number of nitrogens with zero attached hydrogens (tertiary/aromatic N) is 2. The van der Waals surface area contributed by atoms with Crippen LogP contribution in [0.3, 0.4) is 0 Å². The fourth-order valence-corrected chi connectivity index (χ4v) is 3.14. The van der Waals surface area contributed by atoms with Gasteiger partial charge in [0.2, 0.25) is 0 Å². The molecule has 0 fully saturated rings. The third-order valence-electron chi connectivity index (χ3n) is 4.26. The predicted octanol–water partition coefficient (Wildman–Crippen LogP) is 3.83. The molecule has 0 radical (unpaired) electrons. The van der Waals surface area contributed by atoms with Gasteiger partial charge in [-0.05, 0) is 42.2 Å². The topological polar surface area (TPSA) is 81.1 Å². The molecule has 1 heterocycles. The number of para-hydroxylation sites is 2. The first kappa shape index (κ1) is 17.2. The zero-order valence-corrected chi connectivity index (χ0v) is 14.5. The zero-order chi connectivity index (χ0) is 18.0. The van der Waals surface area contributed by atoms with E-state index in [-0.39, 0.29) is 11.6 Å². The van der Waals surface area contributed by atoms with Crippen LogP contribution in [-0.4, -0.2) is 20.6 Å². The van der Waals surface area contributed by atoms with Gasteiger partial charge in [0, 0.05) is 6.54 Å². The summed E-state index contributed by atoms with van der Waals surface area (Å²) in [6.45, 7) is 4.83. The van der Waals surface area contributed by atoms with Crippen LogP contribution in [0.15, 0.2) is 48.5 Å². The van der Waals surface area contributed by atoms with Crippen LogP contribution in [0.4, 0.5) is 0 Å². The first-order valence-electron chi connectivity index (χ1n) is 8.48. The van der Waals surface area contributed by atoms with Crippen molar-refractivity contribution >= 4 is 17.0 Å². The first-order valence-corrected chi connectivity index (χ1v) is 8.48. The van der Waals surface area contributed by atoms with Gasteiger partial charge in [0.05, 0.1) is 22.6 Å². The van der Waals surface area contributed by atoms with E-state index in [0.29, 0.717) is 12.5 Å². The van der Waals surface area contributed by atoms with E-state index in [0.717, 1.165) is 28.8 Å². The van der Waals surface area contributed by atoms with E-state index in [1.807, 2.05) is 30.3 Å². The molecule has 3 aromatic rings. The summed E-state index contributed by atoms with van der Waals surface area (Å²) in [7, 11) is 0. The summed E-state index contributed by atoms with van der Waals surface area (Å²) in [4.78, 5) is 16.0. The average Bonchev–Trinajstić information content (AvgIpc) is 2.93. The predicted molar refractivity (Wildman–Crippen MR) is 98.6 cm³/mol. The molecule has 3 N–H and O–H groups in total. The van der Waals surface area contributed by atoms with Crippen LogP contribution in [0.25, 0.3) is 11.0 Å². The van der Waals surface area contributed by atoms with Crippen molar-refractivity contribution < 1.29 is 9.90 Å². The minimum atomic E-state index is -0.922. The van der Waals surface area contributed by atoms with Crippen LogP contribution in [0.2, 0.25) is 0 Å². The Kier molecular flexibility index (Phi) is 4.86. The summed E-state index contributed by atoms with van der Waals surface area (Å²) >= 11 is 0. The number of nitrogens with two attached hydrogens (primary N) is 1. The van der Waals surface area contributed by atoms with Crippen LogP contribution in [-0.2, 0) is 6.54 Å². The molecule has 0 aliphatic carbocycles. The van der Waals surface area contributed by atoms with Crippen molar-refractivity contribution in [2.75, 3.05) is 0 Å². The lowest BCUT2D eigenvalue weighted by atomic mass is 10.0. The van der Waals surface area contributed by atoms with Gasteiger partial charge in [0.1, 0.15) is 5.82 Å². The number of aromatic nitrogens is 2. The van der Waals surface area contributed by atoms with Crippen molar-refractivity contribution in [1.82, 2.24) is 9.55 Å². The average molecular weight is 337 g/mol. The van der Waals surface area contributed by atoms with E-state index in [1.165, 1.54) is 0 Å². The highest BCUT2D eigenvalue weighted by atomic mass is 16.4. The Morgan fingerprint density at radius 2 is 1.96 bits per heavy atom. The van der Waals surface area contributed by atoms with Crippen LogP contribution < -0.4 is 5.73 Å². The molecule has 0 saturated carbocycles. The van der Waals surface area contributed by atoms with Gasteiger partial charge in [0.25, 0.3) is 0 Å². The molecule has 1 aromatic heterocycles. The summed E-state index contributed by atoms with van der Waals surface area (Å²) in [5.41, 5.74) is 9.54. The fraction of sp³-hybridized carbons (Fsp3) is 0.300. The molecule has 0 bridgehead atoms. The molecular weight excluding hydrogens is 314 g/mol. The van der Waals surface area contributed by atoms with E-state index in [1.54, 1.807) is 18.2 Å². The lowest BCUT2D eigenvalue weighted by molar-refractivity contribution is 0.0696. The monoisotopic (exact) mass is 337 g/mol. The van der Waals surface area contributed by atoms with Crippen molar-refractivity contribution in [3.05, 3.63) is 65.5 Å². The van der Waals surface area contributed by atoms with Crippen LogP contribution in [0.1, 0.15) is 48.1 Å². The van der Waals surface area contributed by atoms with E-state index in [2.05, 4.69) is 18.4 Å². The fourth-order valence-electron chi connectivity index (χ4n) is 3.14. The normalized spacial score (nSPS) is 12.6. The summed E-state index contributed by atoms with van der Waals surface area (Å²) in [6.07, 6.45) is 0.846. The molecule has 0 aliphatic heterocycles. The highest BCUT2D eigenvalue weighted by molar-refractivity contribution is 5.87. The standard InChI is InChI=1S/C20H23N3O2/c1-13(2)10-16(21)19-22-17-8-3-4-9-18(17)23(19)12-14-6-5-7-15(11-14)20(24)25/h3-9,11,13,16H,10,12,21H2,1-2H3,(H,24,25). The quantitative estimate of drug-likeness (QED) is 0.716. The Bertz CT molecular complexity index is 899. The number of carboxylic acids is 1. The third-order valence-corrected chi connectivity index (χ3v) is 4.26. The number of carboxylic acid groups (broad SMARTS) is 1. The highest BCUT2D eigenvalue weighted by Crippen LogP contribution is 2.25. The Hall–Kier alpha value is -2.66. The summed E-state index contributed by atoms with van der Waals surface area (Å²) < 4.78 is 2.10. The molecule has 130 valence electrons. The minimum Gasteiger partial charge on any atom is -0.478 e. The third kappa shape index (κ3) is 3.72. The number of hydrogen-bond acceptors (Lipinski definition) is 3. The van der Waals surface area contributed by atoms with Gasteiger partial charge in [-0.25, -0.2) is 9.78 Å². The van der Waals surface area contributed by atoms with E-state index < -0.39 is 5.97 Å². The number of aromatic carboxylic acids is 1. The Morgan fingerprint density at radius 1 is 1.20 bits per heavy atom. The zero-order valence-electron chi connectivity index (χ0n) is 14.5. The Balaban J connectivity index is 2.04. The minimum absolute atomic E-state index is 0.157. The second-order valence-electron chi connectivity index (χ2n) is 6.79. The van der Waals surface area contributed by atoms with Gasteiger partial charge in [-0.1, -0.05) is 38.1 Å². The number of fused-ring (bicyclic) bond motifs is 1. The SMILES string of the molecule is CC(C)CC(N)c1nc2ccccc2n1Cc1cccc(C(=O)O)c1. The number of imidazole rings is 1. The molecular formula is C20H23N3O2. The Morgan fingerprint density at radius 3 is 2.68 bits per heavy atom. The van der Waals surface area contributed by atoms with Crippen molar-refractivity contribution in [2.45, 2.75) is 32.9 Å². The first-order chi connectivity index (χ1) is 12.0. The molecule has 0 aliphatic rings. The molecule has 3 rings (SSSR count). The van der Waals surface area contributed by atoms with E-state index in [4.69, 9.17) is 10.7 Å². The van der Waals surface area contributed by atoms with Crippen LogP contribution in [0, 0.1) is 5.92 Å². The maximum atomic E-state index is 11.2. The largest absolute Gasteiger partial charge is 0.478 e. The van der Waals surface area contributed by atoms with Gasteiger partial charge in [-0.2, -0.15) is 0 Å². The summed E-state index contributed by atoms with van der Waals surface area (Å²) in [6, 6.07) is 14.8. The van der Waals surface area contributed by atoms with Crippen LogP contribution in [0.5, 0.6) is 0 Å². The summed E-state index contributed by atoms with van der Waals surface area (Å²) in [5.74, 6) is 0.392. The molecule has 0 amide bonds. The van der Waals surface area contributed by atoms with E-state index >= 15 is 0 Å². The molecule has 0 spiro atoms. The van der Waals surface area contributed by atoms with Gasteiger partial charge < -0.3 is 15.4 Å². The number of benzene rings is 2. The van der Waals surface area contributed by atoms with Gasteiger partial charge in [-0.15, -0.1) is 0 Å². The molecule has 1 atom stereocenters. The lowest BCUT2D eigenvalue weighted by Crippen LogP contribution is -2.19. The van der Waals surface area contributed by atoms with Gasteiger partial charge in [-0.3, -0.25) is 0 Å². The lowest BCUT2D eigenvalue weighted by Gasteiger charge is -2.16. The second-order valence-corrected chi connectivity index (χ2v) is 6.79. The van der Waals surface area contributed by atoms with Crippen molar-refractivity contribution in [1.29, 1.82) is 0 Å². The molecule has 25 heavy (non-hydrogen) atoms. The maximum Gasteiger partial charge on any atom is 0.335 e. The van der Waals surface area contributed by atoms with Crippen molar-refractivity contribution in [3.63, 3.8) is 0 Å². The van der Waals surface area contributed by atoms with Crippen molar-refractivity contribution in [3.8, 4) is 0 Å². The number of rotatable bonds is 6. The molecule has 2 aromatic carbocycles. The number of hydrogen-bond donors (Lipinski definition) is 2. The molecule has 1 unspecified atom stereocenters. The van der Waals surface area contributed by atoms with E-state index in [9.17, 15) is 9.90 Å². The van der Waals surface area contributed by atoms with Crippen molar-refractivity contribution in [2.24, 2.45) is 11.7 Å². The molecule has 5 nitrogen and oxygen atoms in total. The highest BCUT2D eigenvalue weighted by Gasteiger charge is 2.18. The van der Waals surface area contributed by atoms with Crippen LogP contribution >= 0.6 is 0 Å². The molecule has 0 saturated heterocycles. The smallest absolute Gasteiger partial charge is 0.335 e. The molecule has 5 heteroatoms. The van der Waals surface area contributed by atoms with Gasteiger partial charge >= 0.3 is 5.97 Å². The van der Waals surface area contributed by atoms with Gasteiger partial charge in [0.15, 0.2) is 0 Å². The maximum absolute atomic E-state index is 11.2. The number of carbonyl (C=O) groups is 1. The Labute approximate surface area is 147 Å². The second kappa shape index (κ2) is 7.07. The summed E-state index contributed by atoms with van der Waals surface area (Å²) in [5, 5.41) is 9.21.